The SMILES string of the molecule is O=C(CCc1nc(Cc2ccccc2)no1)N(Cc1ccco1)[C@@H]1CCS(=O)(=O)C1. The quantitative estimate of drug-likeness (QED) is 0.541. The minimum Gasteiger partial charge on any atom is -0.467 e. The molecule has 0 radical (unpaired) electrons. The van der Waals surface area contributed by atoms with E-state index in [-0.39, 0.29) is 36.4 Å². The predicted octanol–water partition coefficient (Wildman–Crippen LogP) is 2.40. The Morgan fingerprint density at radius 2 is 2.00 bits per heavy atom. The molecule has 3 aromatic rings. The molecule has 2 aromatic heterocycles. The third-order valence-corrected chi connectivity index (χ3v) is 6.89. The van der Waals surface area contributed by atoms with Gasteiger partial charge in [0, 0.05) is 25.3 Å². The smallest absolute Gasteiger partial charge is 0.227 e. The van der Waals surface area contributed by atoms with E-state index in [9.17, 15) is 13.2 Å². The van der Waals surface area contributed by atoms with E-state index < -0.39 is 9.84 Å². The van der Waals surface area contributed by atoms with Crippen LogP contribution in [0.25, 0.3) is 0 Å². The molecule has 8 nitrogen and oxygen atoms in total. The fraction of sp³-hybridized carbons (Fsp3) is 0.381. The minimum atomic E-state index is -3.11. The number of aryl methyl sites for hydroxylation is 1. The molecule has 158 valence electrons. The first-order valence-electron chi connectivity index (χ1n) is 9.86. The average Bonchev–Trinajstić information content (AvgIpc) is 3.47. The van der Waals surface area contributed by atoms with Crippen molar-refractivity contribution in [3.8, 4) is 0 Å². The van der Waals surface area contributed by atoms with E-state index >= 15 is 0 Å². The number of benzene rings is 1. The maximum Gasteiger partial charge on any atom is 0.227 e. The largest absolute Gasteiger partial charge is 0.467 e. The van der Waals surface area contributed by atoms with Crippen LogP contribution in [0.3, 0.4) is 0 Å². The Kier molecular flexibility index (Phi) is 5.98. The third-order valence-electron chi connectivity index (χ3n) is 5.14. The van der Waals surface area contributed by atoms with Gasteiger partial charge in [0.25, 0.3) is 0 Å². The topological polar surface area (TPSA) is 107 Å². The van der Waals surface area contributed by atoms with Crippen molar-refractivity contribution in [1.29, 1.82) is 0 Å². The van der Waals surface area contributed by atoms with Crippen molar-refractivity contribution in [2.24, 2.45) is 0 Å². The molecule has 1 aliphatic rings. The van der Waals surface area contributed by atoms with Crippen molar-refractivity contribution in [3.05, 3.63) is 71.8 Å². The Hall–Kier alpha value is -2.94. The Morgan fingerprint density at radius 1 is 1.17 bits per heavy atom. The number of carbonyl (C=O) groups is 1. The molecule has 0 N–H and O–H groups in total. The second-order valence-corrected chi connectivity index (χ2v) is 9.65. The van der Waals surface area contributed by atoms with Gasteiger partial charge in [-0.05, 0) is 24.1 Å². The summed E-state index contributed by atoms with van der Waals surface area (Å²) in [5.74, 6) is 1.52. The van der Waals surface area contributed by atoms with E-state index in [1.54, 1.807) is 17.0 Å². The summed E-state index contributed by atoms with van der Waals surface area (Å²) in [5.41, 5.74) is 1.08. The molecule has 0 unspecified atom stereocenters. The summed E-state index contributed by atoms with van der Waals surface area (Å²) in [7, 11) is -3.11. The molecule has 9 heteroatoms. The number of rotatable bonds is 8. The van der Waals surface area contributed by atoms with Crippen LogP contribution in [0.5, 0.6) is 0 Å². The number of furan rings is 1. The molecule has 0 aliphatic carbocycles. The van der Waals surface area contributed by atoms with Crippen molar-refractivity contribution in [3.63, 3.8) is 0 Å². The van der Waals surface area contributed by atoms with Crippen molar-refractivity contribution in [1.82, 2.24) is 15.0 Å². The van der Waals surface area contributed by atoms with E-state index in [1.165, 1.54) is 6.26 Å². The molecule has 1 atom stereocenters. The van der Waals surface area contributed by atoms with Crippen molar-refractivity contribution in [2.75, 3.05) is 11.5 Å². The number of hydrogen-bond acceptors (Lipinski definition) is 7. The van der Waals surface area contributed by atoms with Crippen LogP contribution in [0.1, 0.15) is 35.9 Å². The first-order chi connectivity index (χ1) is 14.5. The summed E-state index contributed by atoms with van der Waals surface area (Å²) >= 11 is 0. The molecular weight excluding hydrogens is 406 g/mol. The lowest BCUT2D eigenvalue weighted by Crippen LogP contribution is -2.40. The number of aromatic nitrogens is 2. The molecule has 4 rings (SSSR count). The van der Waals surface area contributed by atoms with E-state index in [4.69, 9.17) is 8.94 Å². The maximum atomic E-state index is 12.9. The second kappa shape index (κ2) is 8.83. The summed E-state index contributed by atoms with van der Waals surface area (Å²) in [6.07, 6.45) is 2.99. The zero-order valence-corrected chi connectivity index (χ0v) is 17.3. The summed E-state index contributed by atoms with van der Waals surface area (Å²) in [4.78, 5) is 18.9. The van der Waals surface area contributed by atoms with E-state index in [0.29, 0.717) is 36.7 Å². The zero-order chi connectivity index (χ0) is 21.0. The van der Waals surface area contributed by atoms with Crippen LogP contribution in [0.15, 0.2) is 57.7 Å². The van der Waals surface area contributed by atoms with E-state index in [0.717, 1.165) is 5.56 Å². The molecule has 1 aromatic carbocycles. The van der Waals surface area contributed by atoms with E-state index in [1.807, 2.05) is 30.3 Å². The van der Waals surface area contributed by atoms with Gasteiger partial charge in [0.2, 0.25) is 11.8 Å². The van der Waals surface area contributed by atoms with Gasteiger partial charge in [-0.25, -0.2) is 8.42 Å². The normalized spacial score (nSPS) is 17.8. The zero-order valence-electron chi connectivity index (χ0n) is 16.4. The average molecular weight is 429 g/mol. The number of sulfone groups is 1. The third kappa shape index (κ3) is 5.15. The summed E-state index contributed by atoms with van der Waals surface area (Å²) in [5, 5.41) is 3.99. The number of amides is 1. The van der Waals surface area contributed by atoms with Crippen molar-refractivity contribution in [2.45, 2.75) is 38.3 Å². The fourth-order valence-corrected chi connectivity index (χ4v) is 5.34. The van der Waals surface area contributed by atoms with Gasteiger partial charge < -0.3 is 13.8 Å². The number of nitrogens with zero attached hydrogens (tertiary/aromatic N) is 3. The lowest BCUT2D eigenvalue weighted by atomic mass is 10.1. The molecule has 1 amide bonds. The standard InChI is InChI=1S/C21H23N3O5S/c25-21(9-8-20-22-19(23-29-20)13-16-5-2-1-3-6-16)24(14-18-7-4-11-28-18)17-10-12-30(26,27)15-17/h1-7,11,17H,8-10,12-15H2/t17-/m1/s1. The first-order valence-corrected chi connectivity index (χ1v) is 11.7. The van der Waals surface area contributed by atoms with Gasteiger partial charge in [-0.1, -0.05) is 35.5 Å². The van der Waals surface area contributed by atoms with Crippen LogP contribution in [-0.4, -0.2) is 46.9 Å². The molecular formula is C21H23N3O5S. The number of hydrogen-bond donors (Lipinski definition) is 0. The summed E-state index contributed by atoms with van der Waals surface area (Å²) in [6, 6.07) is 13.0. The van der Waals surface area contributed by atoms with Crippen LogP contribution >= 0.6 is 0 Å². The highest BCUT2D eigenvalue weighted by Crippen LogP contribution is 2.22. The monoisotopic (exact) mass is 429 g/mol. The van der Waals surface area contributed by atoms with Gasteiger partial charge in [-0.2, -0.15) is 4.98 Å². The van der Waals surface area contributed by atoms with Crippen molar-refractivity contribution >= 4 is 15.7 Å². The van der Waals surface area contributed by atoms with Gasteiger partial charge in [0.15, 0.2) is 15.7 Å². The summed E-state index contributed by atoms with van der Waals surface area (Å²) < 4.78 is 34.5. The Balaban J connectivity index is 1.39. The molecule has 0 spiro atoms. The van der Waals surface area contributed by atoms with Gasteiger partial charge in [0.05, 0.1) is 24.3 Å². The Labute approximate surface area is 174 Å². The molecule has 3 heterocycles. The lowest BCUT2D eigenvalue weighted by molar-refractivity contribution is -0.134. The Morgan fingerprint density at radius 3 is 2.70 bits per heavy atom. The predicted molar refractivity (Wildman–Crippen MR) is 108 cm³/mol. The molecule has 0 bridgehead atoms. The second-order valence-electron chi connectivity index (χ2n) is 7.42. The van der Waals surface area contributed by atoms with Crippen LogP contribution in [0, 0.1) is 0 Å². The summed E-state index contributed by atoms with van der Waals surface area (Å²) in [6.45, 7) is 0.245. The van der Waals surface area contributed by atoms with Gasteiger partial charge >= 0.3 is 0 Å². The van der Waals surface area contributed by atoms with Crippen LogP contribution < -0.4 is 0 Å². The fourth-order valence-electron chi connectivity index (χ4n) is 3.61. The van der Waals surface area contributed by atoms with Gasteiger partial charge in [0.1, 0.15) is 5.76 Å². The van der Waals surface area contributed by atoms with Crippen LogP contribution in [-0.2, 0) is 34.0 Å². The molecule has 0 saturated carbocycles. The Bertz CT molecular complexity index is 1080. The highest BCUT2D eigenvalue weighted by atomic mass is 32.2. The van der Waals surface area contributed by atoms with E-state index in [2.05, 4.69) is 10.1 Å². The lowest BCUT2D eigenvalue weighted by Gasteiger charge is -2.27. The highest BCUT2D eigenvalue weighted by Gasteiger charge is 2.35. The molecule has 1 saturated heterocycles. The van der Waals surface area contributed by atoms with Crippen LogP contribution in [0.4, 0.5) is 0 Å². The van der Waals surface area contributed by atoms with Crippen LogP contribution in [0.2, 0.25) is 0 Å². The molecule has 1 aliphatic heterocycles. The first kappa shape index (κ1) is 20.3. The van der Waals surface area contributed by atoms with Gasteiger partial charge in [-0.15, -0.1) is 0 Å². The van der Waals surface area contributed by atoms with Gasteiger partial charge in [-0.3, -0.25) is 4.79 Å². The van der Waals surface area contributed by atoms with Crippen molar-refractivity contribution < 1.29 is 22.2 Å². The maximum absolute atomic E-state index is 12.9. The highest BCUT2D eigenvalue weighted by molar-refractivity contribution is 7.91. The molecule has 30 heavy (non-hydrogen) atoms. The minimum absolute atomic E-state index is 0.0127. The number of carbonyl (C=O) groups excluding carboxylic acids is 1. The molecule has 1 fully saturated rings.